The van der Waals surface area contributed by atoms with Crippen molar-refractivity contribution in [2.24, 2.45) is 0 Å². The van der Waals surface area contributed by atoms with Gasteiger partial charge in [0.15, 0.2) is 5.82 Å². The first-order valence-corrected chi connectivity index (χ1v) is 12.7. The lowest BCUT2D eigenvalue weighted by molar-refractivity contribution is 0.632. The molecule has 192 valence electrons. The van der Waals surface area contributed by atoms with Gasteiger partial charge in [0.25, 0.3) is 5.56 Å². The zero-order chi connectivity index (χ0) is 27.1. The van der Waals surface area contributed by atoms with Crippen molar-refractivity contribution in [3.05, 3.63) is 94.2 Å². The Morgan fingerprint density at radius 1 is 1.00 bits per heavy atom. The summed E-state index contributed by atoms with van der Waals surface area (Å²) in [6, 6.07) is 17.0. The number of hydrogen-bond acceptors (Lipinski definition) is 9. The number of nitrogens with zero attached hydrogens (tertiary/aromatic N) is 8. The standard InChI is InChI=1S/C29H25N9O/c1-17-22(14-30)26(36-29(31)34-17)37-13-7-12-24(37)27-35-23-11-6-10-21(19-15-32-18(2)33-16-19)25(23)28(39)38(27)20-8-4-3-5-9-20/h3-6,8-11,15-16,24H,7,12-13H2,1-2H3,(H2,31,34,36). The first kappa shape index (κ1) is 24.2. The summed E-state index contributed by atoms with van der Waals surface area (Å²) in [5, 5.41) is 10.4. The van der Waals surface area contributed by atoms with Crippen LogP contribution in [0.25, 0.3) is 27.7 Å². The summed E-state index contributed by atoms with van der Waals surface area (Å²) in [5.41, 5.74) is 9.42. The molecule has 0 spiro atoms. The average molecular weight is 516 g/mol. The molecule has 1 unspecified atom stereocenters. The Bertz CT molecular complexity index is 1810. The molecule has 10 nitrogen and oxygen atoms in total. The van der Waals surface area contributed by atoms with Crippen LogP contribution in [0.2, 0.25) is 0 Å². The molecule has 1 aliphatic rings. The summed E-state index contributed by atoms with van der Waals surface area (Å²) in [7, 11) is 0. The minimum absolute atomic E-state index is 0.101. The number of nitrogens with two attached hydrogens (primary N) is 1. The van der Waals surface area contributed by atoms with Crippen molar-refractivity contribution in [3.8, 4) is 22.9 Å². The van der Waals surface area contributed by atoms with Gasteiger partial charge in [0, 0.05) is 24.5 Å². The molecule has 1 atom stereocenters. The Hall–Kier alpha value is -5.17. The molecule has 1 aliphatic heterocycles. The predicted octanol–water partition coefficient (Wildman–Crippen LogP) is 4.04. The lowest BCUT2D eigenvalue weighted by atomic mass is 10.0. The molecule has 0 radical (unpaired) electrons. The van der Waals surface area contributed by atoms with Gasteiger partial charge in [0.1, 0.15) is 23.3 Å². The van der Waals surface area contributed by atoms with E-state index in [1.165, 1.54) is 0 Å². The summed E-state index contributed by atoms with van der Waals surface area (Å²) in [5.74, 6) is 1.79. The summed E-state index contributed by atoms with van der Waals surface area (Å²) in [6.45, 7) is 4.20. The van der Waals surface area contributed by atoms with E-state index in [-0.39, 0.29) is 17.5 Å². The van der Waals surface area contributed by atoms with Gasteiger partial charge in [-0.15, -0.1) is 0 Å². The average Bonchev–Trinajstić information content (AvgIpc) is 3.43. The van der Waals surface area contributed by atoms with Crippen molar-refractivity contribution in [2.75, 3.05) is 17.2 Å². The van der Waals surface area contributed by atoms with Crippen LogP contribution in [0.5, 0.6) is 0 Å². The molecular formula is C29H25N9O. The summed E-state index contributed by atoms with van der Waals surface area (Å²) in [4.78, 5) is 38.8. The van der Waals surface area contributed by atoms with Crippen molar-refractivity contribution in [1.82, 2.24) is 29.5 Å². The largest absolute Gasteiger partial charge is 0.368 e. The van der Waals surface area contributed by atoms with Gasteiger partial charge in [0.2, 0.25) is 5.95 Å². The van der Waals surface area contributed by atoms with Crippen molar-refractivity contribution >= 4 is 22.7 Å². The number of benzene rings is 2. The fourth-order valence-corrected chi connectivity index (χ4v) is 5.28. The number of aryl methyl sites for hydroxylation is 2. The van der Waals surface area contributed by atoms with Crippen LogP contribution in [0.1, 0.15) is 41.8 Å². The van der Waals surface area contributed by atoms with Gasteiger partial charge in [-0.25, -0.2) is 19.9 Å². The third-order valence-corrected chi connectivity index (χ3v) is 7.05. The molecule has 0 saturated carbocycles. The van der Waals surface area contributed by atoms with E-state index in [0.29, 0.717) is 51.9 Å². The van der Waals surface area contributed by atoms with E-state index >= 15 is 0 Å². The molecule has 5 aromatic rings. The van der Waals surface area contributed by atoms with Gasteiger partial charge >= 0.3 is 0 Å². The zero-order valence-corrected chi connectivity index (χ0v) is 21.5. The molecule has 1 fully saturated rings. The molecule has 2 N–H and O–H groups in total. The topological polar surface area (TPSA) is 140 Å². The van der Waals surface area contributed by atoms with Gasteiger partial charge in [-0.3, -0.25) is 9.36 Å². The smallest absolute Gasteiger partial charge is 0.266 e. The fraction of sp³-hybridized carbons (Fsp3) is 0.207. The zero-order valence-electron chi connectivity index (χ0n) is 21.5. The highest BCUT2D eigenvalue weighted by Crippen LogP contribution is 2.38. The Balaban J connectivity index is 1.62. The van der Waals surface area contributed by atoms with Crippen molar-refractivity contribution in [1.29, 1.82) is 5.26 Å². The van der Waals surface area contributed by atoms with Crippen LogP contribution in [0.15, 0.2) is 65.7 Å². The summed E-state index contributed by atoms with van der Waals surface area (Å²) >= 11 is 0. The molecule has 10 heteroatoms. The Kier molecular flexibility index (Phi) is 5.96. The molecule has 0 aliphatic carbocycles. The number of anilines is 2. The Morgan fingerprint density at radius 2 is 1.77 bits per heavy atom. The van der Waals surface area contributed by atoms with E-state index in [4.69, 9.17) is 10.7 Å². The fourth-order valence-electron chi connectivity index (χ4n) is 5.28. The van der Waals surface area contributed by atoms with Crippen LogP contribution in [0, 0.1) is 25.2 Å². The Morgan fingerprint density at radius 3 is 2.51 bits per heavy atom. The van der Waals surface area contributed by atoms with Crippen LogP contribution in [-0.2, 0) is 0 Å². The van der Waals surface area contributed by atoms with Crippen molar-refractivity contribution < 1.29 is 0 Å². The van der Waals surface area contributed by atoms with Gasteiger partial charge < -0.3 is 10.6 Å². The number of rotatable bonds is 4. The normalized spacial score (nSPS) is 15.0. The highest BCUT2D eigenvalue weighted by molar-refractivity contribution is 5.94. The van der Waals surface area contributed by atoms with E-state index in [0.717, 1.165) is 24.0 Å². The molecule has 1 saturated heterocycles. The molecule has 3 aromatic heterocycles. The Labute approximate surface area is 224 Å². The molecule has 2 aromatic carbocycles. The van der Waals surface area contributed by atoms with Crippen LogP contribution >= 0.6 is 0 Å². The second-order valence-electron chi connectivity index (χ2n) is 9.49. The molecule has 39 heavy (non-hydrogen) atoms. The maximum absolute atomic E-state index is 14.4. The van der Waals surface area contributed by atoms with Crippen LogP contribution in [0.3, 0.4) is 0 Å². The quantitative estimate of drug-likeness (QED) is 0.375. The molecule has 6 rings (SSSR count). The van der Waals surface area contributed by atoms with Gasteiger partial charge in [-0.05, 0) is 50.5 Å². The van der Waals surface area contributed by atoms with Crippen LogP contribution in [-0.4, -0.2) is 36.0 Å². The van der Waals surface area contributed by atoms with Gasteiger partial charge in [0.05, 0.1) is 28.3 Å². The maximum atomic E-state index is 14.4. The molecule has 0 bridgehead atoms. The number of aromatic nitrogens is 6. The minimum atomic E-state index is -0.311. The second-order valence-corrected chi connectivity index (χ2v) is 9.49. The number of nitriles is 1. The number of hydrogen-bond donors (Lipinski definition) is 1. The summed E-state index contributed by atoms with van der Waals surface area (Å²) in [6.07, 6.45) is 5.01. The molecule has 0 amide bonds. The molecule has 4 heterocycles. The van der Waals surface area contributed by atoms with Crippen LogP contribution < -0.4 is 16.2 Å². The number of para-hydroxylation sites is 1. The SMILES string of the molecule is Cc1ncc(-c2cccc3nc(C4CCCN4c4nc(N)nc(C)c4C#N)n(-c4ccccc4)c(=O)c23)cn1. The van der Waals surface area contributed by atoms with Crippen LogP contribution in [0.4, 0.5) is 11.8 Å². The van der Waals surface area contributed by atoms with E-state index in [2.05, 4.69) is 26.0 Å². The van der Waals surface area contributed by atoms with E-state index in [9.17, 15) is 10.1 Å². The second kappa shape index (κ2) is 9.61. The first-order chi connectivity index (χ1) is 19.0. The van der Waals surface area contributed by atoms with E-state index < -0.39 is 0 Å². The van der Waals surface area contributed by atoms with Gasteiger partial charge in [-0.1, -0.05) is 30.3 Å². The third kappa shape index (κ3) is 4.14. The third-order valence-electron chi connectivity index (χ3n) is 7.05. The summed E-state index contributed by atoms with van der Waals surface area (Å²) < 4.78 is 1.67. The van der Waals surface area contributed by atoms with Gasteiger partial charge in [-0.2, -0.15) is 10.2 Å². The molecular weight excluding hydrogens is 490 g/mol. The van der Waals surface area contributed by atoms with E-state index in [1.807, 2.05) is 60.4 Å². The number of fused-ring (bicyclic) bond motifs is 1. The van der Waals surface area contributed by atoms with Crippen molar-refractivity contribution in [3.63, 3.8) is 0 Å². The van der Waals surface area contributed by atoms with Crippen molar-refractivity contribution in [2.45, 2.75) is 32.7 Å². The monoisotopic (exact) mass is 515 g/mol. The minimum Gasteiger partial charge on any atom is -0.368 e. The predicted molar refractivity (Wildman–Crippen MR) is 148 cm³/mol. The lowest BCUT2D eigenvalue weighted by Gasteiger charge is -2.28. The number of nitrogen functional groups attached to an aromatic ring is 1. The van der Waals surface area contributed by atoms with E-state index in [1.54, 1.807) is 23.9 Å². The maximum Gasteiger partial charge on any atom is 0.266 e. The highest BCUT2D eigenvalue weighted by Gasteiger charge is 2.34. The highest BCUT2D eigenvalue weighted by atomic mass is 16.1. The first-order valence-electron chi connectivity index (χ1n) is 12.7. The lowest BCUT2D eigenvalue weighted by Crippen LogP contribution is -2.32.